The van der Waals surface area contributed by atoms with Crippen molar-refractivity contribution in [3.05, 3.63) is 29.6 Å². The molecular weight excluding hydrogens is 170 g/mol. The van der Waals surface area contributed by atoms with Gasteiger partial charge in [0.1, 0.15) is 0 Å². The van der Waals surface area contributed by atoms with Gasteiger partial charge in [-0.25, -0.2) is 0 Å². The van der Waals surface area contributed by atoms with E-state index in [1.165, 1.54) is 31.2 Å². The number of rotatable bonds is 1. The highest BCUT2D eigenvalue weighted by molar-refractivity contribution is 5.31. The van der Waals surface area contributed by atoms with Crippen molar-refractivity contribution >= 4 is 0 Å². The second-order valence-electron chi connectivity index (χ2n) is 4.95. The van der Waals surface area contributed by atoms with Gasteiger partial charge >= 0.3 is 0 Å². The van der Waals surface area contributed by atoms with Gasteiger partial charge in [0.2, 0.25) is 0 Å². The van der Waals surface area contributed by atoms with Gasteiger partial charge in [0.15, 0.2) is 0 Å². The third-order valence-corrected chi connectivity index (χ3v) is 3.99. The Kier molecular flexibility index (Phi) is 1.86. The molecule has 1 aromatic heterocycles. The highest BCUT2D eigenvalue weighted by Gasteiger charge is 2.41. The SMILES string of the molecule is C[C@H]1C[C@H]1C1CCCc2cnccc21. The first-order chi connectivity index (χ1) is 6.86. The van der Waals surface area contributed by atoms with Crippen molar-refractivity contribution in [2.75, 3.05) is 0 Å². The summed E-state index contributed by atoms with van der Waals surface area (Å²) in [4.78, 5) is 4.23. The van der Waals surface area contributed by atoms with Gasteiger partial charge in [-0.3, -0.25) is 4.98 Å². The molecule has 0 N–H and O–H groups in total. The van der Waals surface area contributed by atoms with Crippen LogP contribution in [0.15, 0.2) is 18.5 Å². The van der Waals surface area contributed by atoms with E-state index in [0.29, 0.717) is 0 Å². The van der Waals surface area contributed by atoms with Gasteiger partial charge in [0.05, 0.1) is 0 Å². The molecule has 1 fully saturated rings. The number of pyridine rings is 1. The van der Waals surface area contributed by atoms with Crippen LogP contribution in [0.1, 0.15) is 43.2 Å². The largest absolute Gasteiger partial charge is 0.264 e. The molecule has 74 valence electrons. The molecule has 0 amide bonds. The lowest BCUT2D eigenvalue weighted by Gasteiger charge is -2.25. The Labute approximate surface area is 85.6 Å². The third-order valence-electron chi connectivity index (χ3n) is 3.99. The molecule has 3 atom stereocenters. The molecule has 3 rings (SSSR count). The van der Waals surface area contributed by atoms with Gasteiger partial charge in [-0.1, -0.05) is 6.92 Å². The maximum absolute atomic E-state index is 4.23. The Morgan fingerprint density at radius 2 is 2.29 bits per heavy atom. The number of aromatic nitrogens is 1. The van der Waals surface area contributed by atoms with Crippen LogP contribution in [-0.4, -0.2) is 4.98 Å². The summed E-state index contributed by atoms with van der Waals surface area (Å²) in [5, 5.41) is 0. The van der Waals surface area contributed by atoms with Crippen molar-refractivity contribution in [1.82, 2.24) is 4.98 Å². The Morgan fingerprint density at radius 1 is 1.43 bits per heavy atom. The van der Waals surface area contributed by atoms with Crippen molar-refractivity contribution < 1.29 is 0 Å². The van der Waals surface area contributed by atoms with E-state index in [9.17, 15) is 0 Å². The standard InChI is InChI=1S/C13H17N/c1-9-7-13(9)12-4-2-3-10-8-14-6-5-11(10)12/h5-6,8-9,12-13H,2-4,7H2,1H3/t9-,12?,13+/m0/s1. The fraction of sp³-hybridized carbons (Fsp3) is 0.615. The summed E-state index contributed by atoms with van der Waals surface area (Å²) in [6.45, 7) is 2.39. The van der Waals surface area contributed by atoms with Crippen LogP contribution in [0, 0.1) is 11.8 Å². The molecular formula is C13H17N. The maximum Gasteiger partial charge on any atom is 0.0302 e. The van der Waals surface area contributed by atoms with Crippen LogP contribution >= 0.6 is 0 Å². The number of fused-ring (bicyclic) bond motifs is 1. The van der Waals surface area contributed by atoms with Crippen LogP contribution in [0.2, 0.25) is 0 Å². The van der Waals surface area contributed by atoms with Crippen molar-refractivity contribution in [2.45, 2.75) is 38.5 Å². The summed E-state index contributed by atoms with van der Waals surface area (Å²) in [7, 11) is 0. The molecule has 0 spiro atoms. The minimum Gasteiger partial charge on any atom is -0.264 e. The normalized spacial score (nSPS) is 35.1. The summed E-state index contributed by atoms with van der Waals surface area (Å²) >= 11 is 0. The summed E-state index contributed by atoms with van der Waals surface area (Å²) in [5.41, 5.74) is 3.13. The van der Waals surface area contributed by atoms with E-state index >= 15 is 0 Å². The number of hydrogen-bond acceptors (Lipinski definition) is 1. The van der Waals surface area contributed by atoms with Gasteiger partial charge in [-0.15, -0.1) is 0 Å². The van der Waals surface area contributed by atoms with Crippen molar-refractivity contribution in [2.24, 2.45) is 11.8 Å². The van der Waals surface area contributed by atoms with Gasteiger partial charge in [0, 0.05) is 12.4 Å². The van der Waals surface area contributed by atoms with E-state index in [-0.39, 0.29) is 0 Å². The monoisotopic (exact) mass is 187 g/mol. The zero-order chi connectivity index (χ0) is 9.54. The third kappa shape index (κ3) is 1.26. The molecule has 0 radical (unpaired) electrons. The van der Waals surface area contributed by atoms with E-state index in [0.717, 1.165) is 17.8 Å². The Balaban J connectivity index is 1.95. The lowest BCUT2D eigenvalue weighted by molar-refractivity contribution is 0.483. The molecule has 1 saturated carbocycles. The highest BCUT2D eigenvalue weighted by atomic mass is 14.6. The van der Waals surface area contributed by atoms with Crippen LogP contribution in [0.3, 0.4) is 0 Å². The number of aryl methyl sites for hydroxylation is 1. The predicted octanol–water partition coefficient (Wildman–Crippen LogP) is 3.16. The van der Waals surface area contributed by atoms with Gasteiger partial charge in [0.25, 0.3) is 0 Å². The van der Waals surface area contributed by atoms with E-state index in [1.54, 1.807) is 5.56 Å². The van der Waals surface area contributed by atoms with Crippen LogP contribution in [-0.2, 0) is 6.42 Å². The van der Waals surface area contributed by atoms with Crippen LogP contribution < -0.4 is 0 Å². The molecule has 0 bridgehead atoms. The van der Waals surface area contributed by atoms with Crippen molar-refractivity contribution in [1.29, 1.82) is 0 Å². The lowest BCUT2D eigenvalue weighted by Crippen LogP contribution is -2.12. The summed E-state index contributed by atoms with van der Waals surface area (Å²) in [6, 6.07) is 2.25. The van der Waals surface area contributed by atoms with Gasteiger partial charge in [-0.2, -0.15) is 0 Å². The molecule has 2 aliphatic rings. The average molecular weight is 187 g/mol. The average Bonchev–Trinajstić information content (AvgIpc) is 2.95. The summed E-state index contributed by atoms with van der Waals surface area (Å²) in [6.07, 6.45) is 9.52. The van der Waals surface area contributed by atoms with Gasteiger partial charge < -0.3 is 0 Å². The molecule has 1 nitrogen and oxygen atoms in total. The minimum atomic E-state index is 0.858. The molecule has 1 aromatic rings. The number of nitrogens with zero attached hydrogens (tertiary/aromatic N) is 1. The fourth-order valence-corrected chi connectivity index (χ4v) is 3.03. The smallest absolute Gasteiger partial charge is 0.0302 e. The quantitative estimate of drug-likeness (QED) is 0.658. The predicted molar refractivity (Wildman–Crippen MR) is 57.2 cm³/mol. The molecule has 1 heterocycles. The second kappa shape index (κ2) is 3.08. The molecule has 1 heteroatoms. The molecule has 2 aliphatic carbocycles. The van der Waals surface area contributed by atoms with E-state index in [1.807, 2.05) is 6.20 Å². The second-order valence-corrected chi connectivity index (χ2v) is 4.95. The maximum atomic E-state index is 4.23. The minimum absolute atomic E-state index is 0.858. The first-order valence-corrected chi connectivity index (χ1v) is 5.79. The van der Waals surface area contributed by atoms with Crippen molar-refractivity contribution in [3.8, 4) is 0 Å². The lowest BCUT2D eigenvalue weighted by atomic mass is 9.80. The Morgan fingerprint density at radius 3 is 3.07 bits per heavy atom. The van der Waals surface area contributed by atoms with Crippen molar-refractivity contribution in [3.63, 3.8) is 0 Å². The summed E-state index contributed by atoms with van der Waals surface area (Å²) in [5.74, 6) is 2.81. The molecule has 0 aromatic carbocycles. The van der Waals surface area contributed by atoms with E-state index < -0.39 is 0 Å². The fourth-order valence-electron chi connectivity index (χ4n) is 3.03. The Bertz CT molecular complexity index is 345. The zero-order valence-corrected chi connectivity index (χ0v) is 8.74. The zero-order valence-electron chi connectivity index (χ0n) is 8.74. The highest BCUT2D eigenvalue weighted by Crippen LogP contribution is 2.52. The first kappa shape index (κ1) is 8.46. The molecule has 14 heavy (non-hydrogen) atoms. The summed E-state index contributed by atoms with van der Waals surface area (Å²) < 4.78 is 0. The van der Waals surface area contributed by atoms with Crippen LogP contribution in [0.4, 0.5) is 0 Å². The van der Waals surface area contributed by atoms with Crippen LogP contribution in [0.5, 0.6) is 0 Å². The molecule has 1 unspecified atom stereocenters. The van der Waals surface area contributed by atoms with Gasteiger partial charge in [-0.05, 0) is 60.6 Å². The topological polar surface area (TPSA) is 12.9 Å². The van der Waals surface area contributed by atoms with E-state index in [4.69, 9.17) is 0 Å². The van der Waals surface area contributed by atoms with Crippen LogP contribution in [0.25, 0.3) is 0 Å². The molecule has 0 saturated heterocycles. The molecule has 0 aliphatic heterocycles. The number of hydrogen-bond donors (Lipinski definition) is 0. The first-order valence-electron chi connectivity index (χ1n) is 5.79. The Hall–Kier alpha value is -0.850. The van der Waals surface area contributed by atoms with E-state index in [2.05, 4.69) is 24.2 Å².